The van der Waals surface area contributed by atoms with Crippen LogP contribution in [0.25, 0.3) is 21.9 Å². The number of fused-ring (bicyclic) bond motifs is 1. The summed E-state index contributed by atoms with van der Waals surface area (Å²) < 4.78 is 5.71. The van der Waals surface area contributed by atoms with Crippen molar-refractivity contribution in [3.8, 4) is 17.0 Å². The van der Waals surface area contributed by atoms with E-state index in [4.69, 9.17) is 4.74 Å². The van der Waals surface area contributed by atoms with E-state index in [-0.39, 0.29) is 0 Å². The first-order chi connectivity index (χ1) is 9.40. The van der Waals surface area contributed by atoms with Crippen molar-refractivity contribution in [1.82, 2.24) is 10.2 Å². The summed E-state index contributed by atoms with van der Waals surface area (Å²) in [5, 5.41) is 9.48. The maximum absolute atomic E-state index is 5.71. The van der Waals surface area contributed by atoms with Crippen LogP contribution < -0.4 is 4.74 Å². The zero-order valence-electron chi connectivity index (χ0n) is 10.9. The quantitative estimate of drug-likeness (QED) is 0.761. The zero-order chi connectivity index (χ0) is 13.1. The lowest BCUT2D eigenvalue weighted by Crippen LogP contribution is -1.96. The molecule has 0 saturated carbocycles. The Morgan fingerprint density at radius 1 is 1.05 bits per heavy atom. The molecule has 0 saturated heterocycles. The second kappa shape index (κ2) is 5.14. The van der Waals surface area contributed by atoms with Gasteiger partial charge in [-0.15, -0.1) is 0 Å². The number of hydrogen-bond acceptors (Lipinski definition) is 2. The van der Waals surface area contributed by atoms with Crippen molar-refractivity contribution in [2.45, 2.75) is 13.3 Å². The van der Waals surface area contributed by atoms with E-state index in [1.165, 1.54) is 10.8 Å². The van der Waals surface area contributed by atoms with Gasteiger partial charge < -0.3 is 4.74 Å². The zero-order valence-corrected chi connectivity index (χ0v) is 10.9. The summed E-state index contributed by atoms with van der Waals surface area (Å²) in [6.45, 7) is 2.79. The molecule has 1 heterocycles. The first kappa shape index (κ1) is 11.8. The Morgan fingerprint density at radius 2 is 1.89 bits per heavy atom. The van der Waals surface area contributed by atoms with Gasteiger partial charge in [-0.1, -0.05) is 49.4 Å². The smallest absolute Gasteiger partial charge is 0.217 e. The number of H-pyrrole nitrogens is 1. The van der Waals surface area contributed by atoms with E-state index >= 15 is 0 Å². The van der Waals surface area contributed by atoms with Crippen molar-refractivity contribution in [1.29, 1.82) is 0 Å². The van der Waals surface area contributed by atoms with E-state index in [1.807, 2.05) is 6.20 Å². The fourth-order valence-corrected chi connectivity index (χ4v) is 2.24. The van der Waals surface area contributed by atoms with Crippen molar-refractivity contribution in [3.63, 3.8) is 0 Å². The number of nitrogens with zero attached hydrogens (tertiary/aromatic N) is 1. The van der Waals surface area contributed by atoms with E-state index in [0.29, 0.717) is 6.61 Å². The van der Waals surface area contributed by atoms with E-state index in [9.17, 15) is 0 Å². The number of rotatable bonds is 4. The van der Waals surface area contributed by atoms with Gasteiger partial charge in [-0.3, -0.25) is 0 Å². The molecule has 0 spiro atoms. The number of hydrogen-bond donors (Lipinski definition) is 1. The van der Waals surface area contributed by atoms with Crippen LogP contribution in [0.2, 0.25) is 0 Å². The Labute approximate surface area is 112 Å². The SMILES string of the molecule is CCCOc1[nH]ncc1-c1cccc2ccccc12. The van der Waals surface area contributed by atoms with Crippen molar-refractivity contribution in [2.75, 3.05) is 6.61 Å². The van der Waals surface area contributed by atoms with Crippen molar-refractivity contribution < 1.29 is 4.74 Å². The summed E-state index contributed by atoms with van der Waals surface area (Å²) in [6, 6.07) is 14.6. The third-order valence-corrected chi connectivity index (χ3v) is 3.13. The summed E-state index contributed by atoms with van der Waals surface area (Å²) in [5.41, 5.74) is 2.17. The van der Waals surface area contributed by atoms with Crippen LogP contribution in [-0.2, 0) is 0 Å². The second-order valence-corrected chi connectivity index (χ2v) is 4.49. The molecule has 1 aromatic heterocycles. The maximum Gasteiger partial charge on any atom is 0.217 e. The normalized spacial score (nSPS) is 10.8. The largest absolute Gasteiger partial charge is 0.478 e. The van der Waals surface area contributed by atoms with Gasteiger partial charge in [0.25, 0.3) is 0 Å². The van der Waals surface area contributed by atoms with Crippen LogP contribution in [-0.4, -0.2) is 16.8 Å². The fraction of sp³-hybridized carbons (Fsp3) is 0.188. The molecule has 3 nitrogen and oxygen atoms in total. The minimum absolute atomic E-state index is 0.694. The van der Waals surface area contributed by atoms with Gasteiger partial charge in [-0.25, -0.2) is 5.10 Å². The van der Waals surface area contributed by atoms with Crippen molar-refractivity contribution >= 4 is 10.8 Å². The van der Waals surface area contributed by atoms with Gasteiger partial charge in [0.2, 0.25) is 5.88 Å². The number of nitrogens with one attached hydrogen (secondary N) is 1. The lowest BCUT2D eigenvalue weighted by molar-refractivity contribution is 0.306. The fourth-order valence-electron chi connectivity index (χ4n) is 2.24. The van der Waals surface area contributed by atoms with Gasteiger partial charge in [0.05, 0.1) is 18.4 Å². The molecule has 0 amide bonds. The summed E-state index contributed by atoms with van der Waals surface area (Å²) in [4.78, 5) is 0. The number of aromatic nitrogens is 2. The minimum Gasteiger partial charge on any atom is -0.478 e. The maximum atomic E-state index is 5.71. The summed E-state index contributed by atoms with van der Waals surface area (Å²) in [5.74, 6) is 0.748. The van der Waals surface area contributed by atoms with Crippen LogP contribution in [0.4, 0.5) is 0 Å². The molecule has 3 rings (SSSR count). The molecule has 0 fully saturated rings. The Balaban J connectivity index is 2.12. The molecule has 96 valence electrons. The molecule has 0 radical (unpaired) electrons. The van der Waals surface area contributed by atoms with E-state index in [1.54, 1.807) is 0 Å². The van der Waals surface area contributed by atoms with E-state index < -0.39 is 0 Å². The lowest BCUT2D eigenvalue weighted by atomic mass is 10.0. The van der Waals surface area contributed by atoms with Gasteiger partial charge in [0.1, 0.15) is 0 Å². The standard InChI is InChI=1S/C16H16N2O/c1-2-10-19-16-15(11-17-18-16)14-9-5-7-12-6-3-4-8-13(12)14/h3-9,11H,2,10H2,1H3,(H,17,18). The molecule has 3 aromatic rings. The third-order valence-electron chi connectivity index (χ3n) is 3.13. The monoisotopic (exact) mass is 252 g/mol. The predicted molar refractivity (Wildman–Crippen MR) is 77.3 cm³/mol. The lowest BCUT2D eigenvalue weighted by Gasteiger charge is -2.08. The highest BCUT2D eigenvalue weighted by atomic mass is 16.5. The topological polar surface area (TPSA) is 37.9 Å². The van der Waals surface area contributed by atoms with Crippen LogP contribution >= 0.6 is 0 Å². The summed E-state index contributed by atoms with van der Waals surface area (Å²) in [7, 11) is 0. The molecule has 0 unspecified atom stereocenters. The molecule has 19 heavy (non-hydrogen) atoms. The highest BCUT2D eigenvalue weighted by molar-refractivity contribution is 5.97. The predicted octanol–water partition coefficient (Wildman–Crippen LogP) is 4.02. The van der Waals surface area contributed by atoms with Gasteiger partial charge in [-0.2, -0.15) is 5.10 Å². The number of benzene rings is 2. The Morgan fingerprint density at radius 3 is 2.79 bits per heavy atom. The third kappa shape index (κ3) is 2.19. The highest BCUT2D eigenvalue weighted by Gasteiger charge is 2.11. The van der Waals surface area contributed by atoms with Crippen LogP contribution in [0.15, 0.2) is 48.7 Å². The molecule has 0 atom stereocenters. The van der Waals surface area contributed by atoms with Crippen molar-refractivity contribution in [3.05, 3.63) is 48.7 Å². The van der Waals surface area contributed by atoms with Gasteiger partial charge in [0.15, 0.2) is 0 Å². The number of aromatic amines is 1. The molecular weight excluding hydrogens is 236 g/mol. The van der Waals surface area contributed by atoms with E-state index in [0.717, 1.165) is 23.4 Å². The molecule has 0 aliphatic heterocycles. The van der Waals surface area contributed by atoms with Gasteiger partial charge >= 0.3 is 0 Å². The van der Waals surface area contributed by atoms with Crippen LogP contribution in [0.3, 0.4) is 0 Å². The average Bonchev–Trinajstić information content (AvgIpc) is 2.92. The molecule has 0 bridgehead atoms. The Bertz CT molecular complexity index is 683. The first-order valence-corrected chi connectivity index (χ1v) is 6.54. The molecule has 1 N–H and O–H groups in total. The Kier molecular flexibility index (Phi) is 3.19. The van der Waals surface area contributed by atoms with E-state index in [2.05, 4.69) is 59.6 Å². The average molecular weight is 252 g/mol. The van der Waals surface area contributed by atoms with Gasteiger partial charge in [0, 0.05) is 0 Å². The molecule has 0 aliphatic carbocycles. The Hall–Kier alpha value is -2.29. The molecule has 0 aliphatic rings. The second-order valence-electron chi connectivity index (χ2n) is 4.49. The van der Waals surface area contributed by atoms with Crippen LogP contribution in [0.5, 0.6) is 5.88 Å². The van der Waals surface area contributed by atoms with Gasteiger partial charge in [-0.05, 0) is 22.8 Å². The first-order valence-electron chi connectivity index (χ1n) is 6.54. The van der Waals surface area contributed by atoms with Crippen LogP contribution in [0, 0.1) is 0 Å². The number of ether oxygens (including phenoxy) is 1. The molecule has 3 heteroatoms. The highest BCUT2D eigenvalue weighted by Crippen LogP contribution is 2.33. The molecular formula is C16H16N2O. The summed E-state index contributed by atoms with van der Waals surface area (Å²) >= 11 is 0. The minimum atomic E-state index is 0.694. The summed E-state index contributed by atoms with van der Waals surface area (Å²) in [6.07, 6.45) is 2.81. The molecule has 2 aromatic carbocycles. The van der Waals surface area contributed by atoms with Crippen molar-refractivity contribution in [2.24, 2.45) is 0 Å². The van der Waals surface area contributed by atoms with Crippen LogP contribution in [0.1, 0.15) is 13.3 Å².